The molecule has 0 aliphatic rings. The van der Waals surface area contributed by atoms with Crippen LogP contribution in [-0.2, 0) is 4.79 Å². The number of halogens is 1. The van der Waals surface area contributed by atoms with E-state index in [1.165, 1.54) is 0 Å². The molecule has 0 aliphatic heterocycles. The molecule has 0 saturated carbocycles. The van der Waals surface area contributed by atoms with Gasteiger partial charge in [-0.15, -0.1) is 5.10 Å². The highest BCUT2D eigenvalue weighted by molar-refractivity contribution is 6.31. The number of rotatable bonds is 7. The second-order valence-corrected chi connectivity index (χ2v) is 7.50. The summed E-state index contributed by atoms with van der Waals surface area (Å²) in [6.45, 7) is 1.57. The molecular formula is C23H20ClN5O3. The molecule has 0 saturated heterocycles. The zero-order valence-corrected chi connectivity index (χ0v) is 17.9. The van der Waals surface area contributed by atoms with E-state index in [1.807, 2.05) is 37.3 Å². The fraction of sp³-hybridized carbons (Fsp3) is 0.130. The van der Waals surface area contributed by atoms with Gasteiger partial charge in [-0.25, -0.2) is 0 Å². The van der Waals surface area contributed by atoms with E-state index in [4.69, 9.17) is 16.4 Å². The van der Waals surface area contributed by atoms with E-state index in [0.29, 0.717) is 27.3 Å². The lowest BCUT2D eigenvalue weighted by atomic mass is 10.1. The van der Waals surface area contributed by atoms with E-state index in [1.54, 1.807) is 42.5 Å². The topological polar surface area (TPSA) is 98.1 Å². The first kappa shape index (κ1) is 21.3. The average Bonchev–Trinajstić information content (AvgIpc) is 3.20. The van der Waals surface area contributed by atoms with Crippen molar-refractivity contribution in [2.75, 3.05) is 11.9 Å². The van der Waals surface area contributed by atoms with Crippen molar-refractivity contribution in [2.24, 2.45) is 0 Å². The van der Waals surface area contributed by atoms with Gasteiger partial charge in [0.05, 0.1) is 17.3 Å². The molecule has 4 rings (SSSR count). The van der Waals surface area contributed by atoms with Crippen LogP contribution in [0.15, 0.2) is 72.8 Å². The number of aromatic nitrogens is 3. The molecule has 1 atom stereocenters. The molecule has 3 aromatic carbocycles. The number of amides is 2. The fourth-order valence-electron chi connectivity index (χ4n) is 3.16. The van der Waals surface area contributed by atoms with Crippen molar-refractivity contribution in [1.82, 2.24) is 20.5 Å². The number of para-hydroxylation sites is 1. The van der Waals surface area contributed by atoms with Gasteiger partial charge in [0.1, 0.15) is 11.0 Å². The van der Waals surface area contributed by atoms with Gasteiger partial charge in [-0.05, 0) is 48.0 Å². The summed E-state index contributed by atoms with van der Waals surface area (Å²) >= 11 is 6.00. The highest BCUT2D eigenvalue weighted by Gasteiger charge is 2.16. The summed E-state index contributed by atoms with van der Waals surface area (Å²) in [5, 5.41) is 14.0. The van der Waals surface area contributed by atoms with Gasteiger partial charge in [-0.1, -0.05) is 58.9 Å². The van der Waals surface area contributed by atoms with Crippen molar-refractivity contribution in [1.29, 1.82) is 0 Å². The monoisotopic (exact) mass is 449 g/mol. The number of nitrogens with one attached hydrogen (secondary N) is 2. The summed E-state index contributed by atoms with van der Waals surface area (Å²) in [6.07, 6.45) is 0. The minimum Gasteiger partial charge on any atom is -0.385 e. The van der Waals surface area contributed by atoms with Crippen LogP contribution in [0.5, 0.6) is 0 Å². The number of hydrogen-bond donors (Lipinski definition) is 2. The van der Waals surface area contributed by atoms with Crippen LogP contribution in [0.25, 0.3) is 11.0 Å². The second kappa shape index (κ2) is 9.49. The molecular weight excluding hydrogens is 430 g/mol. The molecule has 1 aromatic heterocycles. The molecule has 0 radical (unpaired) electrons. The van der Waals surface area contributed by atoms with E-state index in [2.05, 4.69) is 20.9 Å². The Balaban J connectivity index is 1.41. The summed E-state index contributed by atoms with van der Waals surface area (Å²) in [5.74, 6) is -0.748. The first-order chi connectivity index (χ1) is 15.5. The number of carbonyl (C=O) groups is 2. The van der Waals surface area contributed by atoms with E-state index < -0.39 is 5.91 Å². The molecule has 4 aromatic rings. The number of carbonyl (C=O) groups excluding carboxylic acids is 2. The maximum absolute atomic E-state index is 12.8. The van der Waals surface area contributed by atoms with E-state index in [0.717, 1.165) is 10.4 Å². The predicted molar refractivity (Wildman–Crippen MR) is 121 cm³/mol. The fourth-order valence-corrected chi connectivity index (χ4v) is 3.33. The third kappa shape index (κ3) is 4.87. The third-order valence-electron chi connectivity index (χ3n) is 4.79. The van der Waals surface area contributed by atoms with Crippen LogP contribution in [0.4, 0.5) is 5.69 Å². The lowest BCUT2D eigenvalue weighted by Gasteiger charge is -2.16. The van der Waals surface area contributed by atoms with Gasteiger partial charge in [0.25, 0.3) is 11.8 Å². The number of anilines is 1. The molecule has 8 nitrogen and oxygen atoms in total. The zero-order chi connectivity index (χ0) is 22.5. The number of fused-ring (bicyclic) bond motifs is 1. The molecule has 2 amide bonds. The Morgan fingerprint density at radius 1 is 1.06 bits per heavy atom. The standard InChI is InChI=1S/C23H20ClN5O3/c1-15(16-7-3-2-4-8-16)25-23(31)18-9-5-6-10-19(18)26-22(30)14-32-29-21-13-17(24)11-12-20(21)27-28-29/h2-13,15H,14H2,1H3,(H,25,31)(H,26,30)/t15-/m0/s1. The zero-order valence-electron chi connectivity index (χ0n) is 17.2. The van der Waals surface area contributed by atoms with Gasteiger partial charge in [0.2, 0.25) is 0 Å². The smallest absolute Gasteiger partial charge is 0.265 e. The molecule has 0 fully saturated rings. The van der Waals surface area contributed by atoms with Crippen molar-refractivity contribution >= 4 is 40.1 Å². The van der Waals surface area contributed by atoms with Crippen LogP contribution in [0.3, 0.4) is 0 Å². The Hall–Kier alpha value is -3.91. The van der Waals surface area contributed by atoms with Gasteiger partial charge >= 0.3 is 0 Å². The summed E-state index contributed by atoms with van der Waals surface area (Å²) in [7, 11) is 0. The summed E-state index contributed by atoms with van der Waals surface area (Å²) in [5.41, 5.74) is 2.84. The normalized spacial score (nSPS) is 11.7. The molecule has 162 valence electrons. The summed E-state index contributed by atoms with van der Waals surface area (Å²) in [6, 6.07) is 21.3. The van der Waals surface area contributed by atoms with Gasteiger partial charge in [-0.3, -0.25) is 9.59 Å². The van der Waals surface area contributed by atoms with Gasteiger partial charge in [0, 0.05) is 5.02 Å². The van der Waals surface area contributed by atoms with Gasteiger partial charge in [-0.2, -0.15) is 0 Å². The van der Waals surface area contributed by atoms with E-state index >= 15 is 0 Å². The van der Waals surface area contributed by atoms with E-state index in [9.17, 15) is 9.59 Å². The second-order valence-electron chi connectivity index (χ2n) is 7.07. The van der Waals surface area contributed by atoms with Crippen LogP contribution in [0, 0.1) is 0 Å². The van der Waals surface area contributed by atoms with Crippen molar-refractivity contribution in [3.8, 4) is 0 Å². The average molecular weight is 450 g/mol. The Morgan fingerprint density at radius 2 is 1.81 bits per heavy atom. The largest absolute Gasteiger partial charge is 0.385 e. The highest BCUT2D eigenvalue weighted by atomic mass is 35.5. The molecule has 32 heavy (non-hydrogen) atoms. The van der Waals surface area contributed by atoms with Crippen molar-refractivity contribution < 1.29 is 14.4 Å². The van der Waals surface area contributed by atoms with Crippen LogP contribution < -0.4 is 15.5 Å². The van der Waals surface area contributed by atoms with Crippen molar-refractivity contribution in [3.05, 3.63) is 88.9 Å². The minimum atomic E-state index is -0.452. The molecule has 0 bridgehead atoms. The van der Waals surface area contributed by atoms with Crippen LogP contribution >= 0.6 is 11.6 Å². The van der Waals surface area contributed by atoms with Crippen LogP contribution in [0.1, 0.15) is 28.9 Å². The molecule has 0 aliphatic carbocycles. The minimum absolute atomic E-state index is 0.191. The van der Waals surface area contributed by atoms with Gasteiger partial charge in [0.15, 0.2) is 6.61 Å². The van der Waals surface area contributed by atoms with E-state index in [-0.39, 0.29) is 18.6 Å². The summed E-state index contributed by atoms with van der Waals surface area (Å²) < 4.78 is 0. The Morgan fingerprint density at radius 3 is 2.62 bits per heavy atom. The predicted octanol–water partition coefficient (Wildman–Crippen LogP) is 3.64. The Kier molecular flexibility index (Phi) is 6.32. The van der Waals surface area contributed by atoms with Crippen molar-refractivity contribution in [2.45, 2.75) is 13.0 Å². The van der Waals surface area contributed by atoms with Crippen molar-refractivity contribution in [3.63, 3.8) is 0 Å². The first-order valence-electron chi connectivity index (χ1n) is 9.90. The van der Waals surface area contributed by atoms with Crippen LogP contribution in [0.2, 0.25) is 5.02 Å². The summed E-state index contributed by atoms with van der Waals surface area (Å²) in [4.78, 5) is 31.9. The maximum Gasteiger partial charge on any atom is 0.265 e. The SMILES string of the molecule is C[C@H](NC(=O)c1ccccc1NC(=O)COn1nnc2ccc(Cl)cc21)c1ccccc1. The molecule has 2 N–H and O–H groups in total. The number of nitrogens with zero attached hydrogens (tertiary/aromatic N) is 3. The quantitative estimate of drug-likeness (QED) is 0.449. The Labute approximate surface area is 189 Å². The molecule has 9 heteroatoms. The molecule has 1 heterocycles. The number of benzene rings is 3. The molecule has 0 spiro atoms. The Bertz CT molecular complexity index is 1260. The number of hydrogen-bond acceptors (Lipinski definition) is 5. The molecule has 0 unspecified atom stereocenters. The highest BCUT2D eigenvalue weighted by Crippen LogP contribution is 2.19. The lowest BCUT2D eigenvalue weighted by Crippen LogP contribution is -2.29. The van der Waals surface area contributed by atoms with Crippen LogP contribution in [-0.4, -0.2) is 33.6 Å². The maximum atomic E-state index is 12.8. The van der Waals surface area contributed by atoms with Gasteiger partial charge < -0.3 is 15.5 Å². The lowest BCUT2D eigenvalue weighted by molar-refractivity contribution is -0.121. The third-order valence-corrected chi connectivity index (χ3v) is 5.02. The first-order valence-corrected chi connectivity index (χ1v) is 10.3.